The number of nitrogens with zero attached hydrogens (tertiary/aromatic N) is 2. The lowest BCUT2D eigenvalue weighted by molar-refractivity contribution is -0.138. The Bertz CT molecular complexity index is 829. The minimum absolute atomic E-state index is 0.0102. The average molecular weight is 353 g/mol. The molecule has 0 aliphatic heterocycles. The topological polar surface area (TPSA) is 64.0 Å². The van der Waals surface area contributed by atoms with Crippen LogP contribution in [0.15, 0.2) is 35.1 Å². The second kappa shape index (κ2) is 7.50. The maximum absolute atomic E-state index is 12.9. The number of amides is 1. The van der Waals surface area contributed by atoms with Gasteiger partial charge in [-0.05, 0) is 37.1 Å². The molecule has 0 radical (unpaired) electrons. The Hall–Kier alpha value is -2.64. The molecular formula is C17H18F3N3O2. The zero-order valence-corrected chi connectivity index (χ0v) is 13.9. The lowest BCUT2D eigenvalue weighted by atomic mass is 10.1. The molecule has 1 amide bonds. The van der Waals surface area contributed by atoms with Crippen molar-refractivity contribution in [3.8, 4) is 0 Å². The van der Waals surface area contributed by atoms with E-state index in [1.807, 2.05) is 6.92 Å². The van der Waals surface area contributed by atoms with E-state index in [2.05, 4.69) is 10.4 Å². The summed E-state index contributed by atoms with van der Waals surface area (Å²) in [5, 5.41) is 6.35. The van der Waals surface area contributed by atoms with Gasteiger partial charge in [-0.2, -0.15) is 18.3 Å². The van der Waals surface area contributed by atoms with E-state index in [1.54, 1.807) is 0 Å². The first kappa shape index (κ1) is 18.7. The Morgan fingerprint density at radius 3 is 2.60 bits per heavy atom. The van der Waals surface area contributed by atoms with Gasteiger partial charge in [0.15, 0.2) is 0 Å². The van der Waals surface area contributed by atoms with Crippen molar-refractivity contribution in [2.45, 2.75) is 39.4 Å². The van der Waals surface area contributed by atoms with Crippen molar-refractivity contribution in [1.29, 1.82) is 0 Å². The van der Waals surface area contributed by atoms with E-state index in [-0.39, 0.29) is 22.5 Å². The molecule has 1 N–H and O–H groups in total. The van der Waals surface area contributed by atoms with Crippen molar-refractivity contribution in [3.63, 3.8) is 0 Å². The molecule has 0 spiro atoms. The normalized spacial score (nSPS) is 11.4. The molecule has 0 unspecified atom stereocenters. The summed E-state index contributed by atoms with van der Waals surface area (Å²) in [6.07, 6.45) is -2.92. The first-order valence-corrected chi connectivity index (χ1v) is 7.79. The SMILES string of the molecule is CCCCn1nc(C(=O)Nc2ccc(C)c(C(F)(F)F)c2)ccc1=O. The highest BCUT2D eigenvalue weighted by Gasteiger charge is 2.32. The number of carbonyl (C=O) groups is 1. The van der Waals surface area contributed by atoms with Crippen LogP contribution in [0.4, 0.5) is 18.9 Å². The van der Waals surface area contributed by atoms with E-state index >= 15 is 0 Å². The van der Waals surface area contributed by atoms with Gasteiger partial charge in [0, 0.05) is 18.3 Å². The van der Waals surface area contributed by atoms with Crippen LogP contribution in [0.1, 0.15) is 41.4 Å². The number of anilines is 1. The molecule has 0 aliphatic rings. The number of halogens is 3. The number of carbonyl (C=O) groups excluding carboxylic acids is 1. The molecule has 5 nitrogen and oxygen atoms in total. The van der Waals surface area contributed by atoms with E-state index in [0.717, 1.165) is 18.9 Å². The lowest BCUT2D eigenvalue weighted by Crippen LogP contribution is -2.26. The van der Waals surface area contributed by atoms with Crippen LogP contribution in [0.3, 0.4) is 0 Å². The molecule has 0 fully saturated rings. The van der Waals surface area contributed by atoms with Crippen molar-refractivity contribution < 1.29 is 18.0 Å². The summed E-state index contributed by atoms with van der Waals surface area (Å²) in [5.74, 6) is -0.678. The molecule has 2 aromatic rings. The maximum atomic E-state index is 12.9. The number of benzene rings is 1. The van der Waals surface area contributed by atoms with Crippen LogP contribution in [0, 0.1) is 6.92 Å². The maximum Gasteiger partial charge on any atom is 0.416 e. The number of hydrogen-bond donors (Lipinski definition) is 1. The van der Waals surface area contributed by atoms with Gasteiger partial charge in [-0.25, -0.2) is 4.68 Å². The molecule has 25 heavy (non-hydrogen) atoms. The fraction of sp³-hybridized carbons (Fsp3) is 0.353. The Morgan fingerprint density at radius 2 is 1.96 bits per heavy atom. The molecule has 134 valence electrons. The summed E-state index contributed by atoms with van der Waals surface area (Å²) < 4.78 is 40.0. The zero-order chi connectivity index (χ0) is 18.6. The lowest BCUT2D eigenvalue weighted by Gasteiger charge is -2.13. The minimum Gasteiger partial charge on any atom is -0.321 e. The van der Waals surface area contributed by atoms with Crippen LogP contribution in [0.25, 0.3) is 0 Å². The molecule has 1 heterocycles. The number of rotatable bonds is 5. The third-order valence-corrected chi connectivity index (χ3v) is 3.62. The Morgan fingerprint density at radius 1 is 1.24 bits per heavy atom. The molecule has 0 bridgehead atoms. The van der Waals surface area contributed by atoms with Gasteiger partial charge in [0.2, 0.25) is 0 Å². The van der Waals surface area contributed by atoms with Crippen LogP contribution in [-0.2, 0) is 12.7 Å². The third-order valence-electron chi connectivity index (χ3n) is 3.62. The first-order valence-electron chi connectivity index (χ1n) is 7.79. The van der Waals surface area contributed by atoms with Crippen molar-refractivity contribution >= 4 is 11.6 Å². The van der Waals surface area contributed by atoms with Gasteiger partial charge in [-0.15, -0.1) is 0 Å². The van der Waals surface area contributed by atoms with E-state index < -0.39 is 17.6 Å². The van der Waals surface area contributed by atoms with Gasteiger partial charge < -0.3 is 5.32 Å². The van der Waals surface area contributed by atoms with Gasteiger partial charge in [-0.3, -0.25) is 9.59 Å². The number of nitrogens with one attached hydrogen (secondary N) is 1. The summed E-state index contributed by atoms with van der Waals surface area (Å²) in [6, 6.07) is 6.01. The molecule has 0 aliphatic carbocycles. The molecule has 1 aromatic heterocycles. The Labute approximate surface area is 142 Å². The molecule has 8 heteroatoms. The summed E-state index contributed by atoms with van der Waals surface area (Å²) in [5.41, 5.74) is -1.11. The van der Waals surface area contributed by atoms with Crippen LogP contribution >= 0.6 is 0 Å². The van der Waals surface area contributed by atoms with Crippen LogP contribution in [-0.4, -0.2) is 15.7 Å². The van der Waals surface area contributed by atoms with Gasteiger partial charge in [0.05, 0.1) is 5.56 Å². The van der Waals surface area contributed by atoms with Crippen LogP contribution < -0.4 is 10.9 Å². The van der Waals surface area contributed by atoms with Crippen molar-refractivity contribution in [2.75, 3.05) is 5.32 Å². The fourth-order valence-electron chi connectivity index (χ4n) is 2.24. The summed E-state index contributed by atoms with van der Waals surface area (Å²) in [7, 11) is 0. The predicted molar refractivity (Wildman–Crippen MR) is 87.5 cm³/mol. The van der Waals surface area contributed by atoms with E-state index in [9.17, 15) is 22.8 Å². The number of alkyl halides is 3. The second-order valence-corrected chi connectivity index (χ2v) is 5.62. The standard InChI is InChI=1S/C17H18F3N3O2/c1-3-4-9-23-15(24)8-7-14(22-23)16(25)21-12-6-5-11(2)13(10-12)17(18,19)20/h5-8,10H,3-4,9H2,1-2H3,(H,21,25). The predicted octanol–water partition coefficient (Wildman–Crippen LogP) is 3.62. The molecule has 0 saturated heterocycles. The van der Waals surface area contributed by atoms with E-state index in [4.69, 9.17) is 0 Å². The first-order chi connectivity index (χ1) is 11.7. The second-order valence-electron chi connectivity index (χ2n) is 5.62. The molecule has 2 rings (SSSR count). The van der Waals surface area contributed by atoms with Gasteiger partial charge in [-0.1, -0.05) is 19.4 Å². The highest BCUT2D eigenvalue weighted by Crippen LogP contribution is 2.33. The van der Waals surface area contributed by atoms with Crippen molar-refractivity contribution in [2.24, 2.45) is 0 Å². The number of aromatic nitrogens is 2. The van der Waals surface area contributed by atoms with E-state index in [1.165, 1.54) is 35.9 Å². The highest BCUT2D eigenvalue weighted by atomic mass is 19.4. The monoisotopic (exact) mass is 353 g/mol. The van der Waals surface area contributed by atoms with Crippen molar-refractivity contribution in [3.05, 3.63) is 57.5 Å². The summed E-state index contributed by atoms with van der Waals surface area (Å²) in [4.78, 5) is 23.9. The largest absolute Gasteiger partial charge is 0.416 e. The average Bonchev–Trinajstić information content (AvgIpc) is 2.54. The third kappa shape index (κ3) is 4.68. The number of hydrogen-bond acceptors (Lipinski definition) is 3. The molecule has 0 saturated carbocycles. The number of unbranched alkanes of at least 4 members (excludes halogenated alkanes) is 1. The van der Waals surface area contributed by atoms with Crippen LogP contribution in [0.5, 0.6) is 0 Å². The van der Waals surface area contributed by atoms with Gasteiger partial charge in [0.25, 0.3) is 11.5 Å². The smallest absolute Gasteiger partial charge is 0.321 e. The van der Waals surface area contributed by atoms with Crippen molar-refractivity contribution in [1.82, 2.24) is 9.78 Å². The Balaban J connectivity index is 2.24. The Kier molecular flexibility index (Phi) is 5.61. The fourth-order valence-corrected chi connectivity index (χ4v) is 2.24. The summed E-state index contributed by atoms with van der Waals surface area (Å²) >= 11 is 0. The van der Waals surface area contributed by atoms with Gasteiger partial charge in [0.1, 0.15) is 5.69 Å². The quantitative estimate of drug-likeness (QED) is 0.893. The van der Waals surface area contributed by atoms with E-state index in [0.29, 0.717) is 6.54 Å². The zero-order valence-electron chi connectivity index (χ0n) is 13.9. The number of aryl methyl sites for hydroxylation is 2. The summed E-state index contributed by atoms with van der Waals surface area (Å²) in [6.45, 7) is 3.68. The molecule has 0 atom stereocenters. The molecular weight excluding hydrogens is 335 g/mol. The van der Waals surface area contributed by atoms with Gasteiger partial charge >= 0.3 is 6.18 Å². The minimum atomic E-state index is -4.50. The van der Waals surface area contributed by atoms with Crippen LogP contribution in [0.2, 0.25) is 0 Å². The highest BCUT2D eigenvalue weighted by molar-refractivity contribution is 6.02. The molecule has 1 aromatic carbocycles.